The Morgan fingerprint density at radius 1 is 1.28 bits per heavy atom. The van der Waals surface area contributed by atoms with E-state index in [9.17, 15) is 4.79 Å². The minimum absolute atomic E-state index is 0.172. The minimum atomic E-state index is -0.172. The van der Waals surface area contributed by atoms with Crippen LogP contribution in [0.4, 0.5) is 5.13 Å². The third-order valence-electron chi connectivity index (χ3n) is 2.90. The first-order chi connectivity index (χ1) is 8.83. The lowest BCUT2D eigenvalue weighted by molar-refractivity contribution is 0.103. The van der Waals surface area contributed by atoms with Gasteiger partial charge >= 0.3 is 0 Å². The summed E-state index contributed by atoms with van der Waals surface area (Å²) in [4.78, 5) is 18.2. The summed E-state index contributed by atoms with van der Waals surface area (Å²) in [5.74, 6) is -0.172. The van der Waals surface area contributed by atoms with E-state index >= 15 is 0 Å². The normalized spacial score (nSPS) is 14.9. The quantitative estimate of drug-likeness (QED) is 0.858. The Morgan fingerprint density at radius 3 is 3.00 bits per heavy atom. The van der Waals surface area contributed by atoms with E-state index in [0.29, 0.717) is 10.0 Å². The topological polar surface area (TPSA) is 67.8 Å². The Labute approximate surface area is 112 Å². The minimum Gasteiger partial charge on any atom is -0.297 e. The predicted molar refractivity (Wildman–Crippen MR) is 71.2 cm³/mol. The monoisotopic (exact) mass is 280 g/mol. The van der Waals surface area contributed by atoms with Crippen molar-refractivity contribution < 1.29 is 4.79 Å². The highest BCUT2D eigenvalue weighted by atomic mass is 32.1. The molecule has 94 valence electrons. The van der Waals surface area contributed by atoms with Gasteiger partial charge in [0, 0.05) is 4.88 Å². The number of thiazole rings is 1. The first-order valence-corrected chi connectivity index (χ1v) is 7.49. The van der Waals surface area contributed by atoms with Crippen LogP contribution in [0, 0.1) is 0 Å². The van der Waals surface area contributed by atoms with Gasteiger partial charge in [-0.05, 0) is 37.2 Å². The third kappa shape index (κ3) is 2.41. The summed E-state index contributed by atoms with van der Waals surface area (Å²) in [5, 5.41) is 7.17. The fraction of sp³-hybridized carbons (Fsp3) is 0.455. The van der Waals surface area contributed by atoms with Gasteiger partial charge in [-0.25, -0.2) is 4.98 Å². The Hall–Kier alpha value is -1.34. The van der Waals surface area contributed by atoms with Gasteiger partial charge in [-0.2, -0.15) is 0 Å². The summed E-state index contributed by atoms with van der Waals surface area (Å²) in [7, 11) is 0. The summed E-state index contributed by atoms with van der Waals surface area (Å²) in [6, 6.07) is 0. The molecule has 0 aromatic carbocycles. The summed E-state index contributed by atoms with van der Waals surface area (Å²) in [5.41, 5.74) is 1.16. The molecule has 0 aliphatic heterocycles. The molecule has 0 fully saturated rings. The van der Waals surface area contributed by atoms with Crippen LogP contribution in [0.3, 0.4) is 0 Å². The van der Waals surface area contributed by atoms with E-state index in [1.807, 2.05) is 0 Å². The number of hydrogen-bond acceptors (Lipinski definition) is 6. The van der Waals surface area contributed by atoms with E-state index in [1.54, 1.807) is 11.3 Å². The van der Waals surface area contributed by atoms with E-state index in [2.05, 4.69) is 19.9 Å². The number of aromatic nitrogens is 3. The highest BCUT2D eigenvalue weighted by Gasteiger charge is 2.16. The van der Waals surface area contributed by atoms with E-state index in [-0.39, 0.29) is 5.91 Å². The van der Waals surface area contributed by atoms with Crippen molar-refractivity contribution in [2.75, 3.05) is 5.32 Å². The van der Waals surface area contributed by atoms with Gasteiger partial charge in [0.25, 0.3) is 5.91 Å². The van der Waals surface area contributed by atoms with E-state index in [0.717, 1.165) is 30.1 Å². The SMILES string of the molecule is O=C(Nc1nc2c(s1)CCCCC2)c1cnns1. The number of nitrogens with one attached hydrogen (secondary N) is 1. The lowest BCUT2D eigenvalue weighted by Crippen LogP contribution is -2.09. The van der Waals surface area contributed by atoms with Gasteiger partial charge in [0.2, 0.25) is 0 Å². The molecular formula is C11H12N4OS2. The van der Waals surface area contributed by atoms with Crippen LogP contribution in [-0.4, -0.2) is 20.5 Å². The number of carbonyl (C=O) groups is 1. The van der Waals surface area contributed by atoms with Gasteiger partial charge in [-0.1, -0.05) is 10.9 Å². The van der Waals surface area contributed by atoms with Gasteiger partial charge in [-0.15, -0.1) is 16.4 Å². The fourth-order valence-electron chi connectivity index (χ4n) is 2.01. The predicted octanol–water partition coefficient (Wildman–Crippen LogP) is 2.52. The number of carbonyl (C=O) groups excluding carboxylic acids is 1. The van der Waals surface area contributed by atoms with Crippen molar-refractivity contribution in [2.24, 2.45) is 0 Å². The lowest BCUT2D eigenvalue weighted by atomic mass is 10.2. The molecule has 0 spiro atoms. The van der Waals surface area contributed by atoms with E-state index < -0.39 is 0 Å². The Balaban J connectivity index is 1.76. The first-order valence-electron chi connectivity index (χ1n) is 5.90. The number of nitrogens with zero attached hydrogens (tertiary/aromatic N) is 3. The number of rotatable bonds is 2. The molecule has 18 heavy (non-hydrogen) atoms. The van der Waals surface area contributed by atoms with Crippen molar-refractivity contribution >= 4 is 33.9 Å². The van der Waals surface area contributed by atoms with Crippen LogP contribution in [0.1, 0.15) is 39.5 Å². The number of hydrogen-bond donors (Lipinski definition) is 1. The smallest absolute Gasteiger partial charge is 0.270 e. The maximum Gasteiger partial charge on any atom is 0.270 e. The van der Waals surface area contributed by atoms with Gasteiger partial charge in [0.1, 0.15) is 4.88 Å². The third-order valence-corrected chi connectivity index (χ3v) is 4.64. The maximum absolute atomic E-state index is 11.8. The molecule has 0 atom stereocenters. The summed E-state index contributed by atoms with van der Waals surface area (Å²) in [6.07, 6.45) is 7.29. The molecule has 1 N–H and O–H groups in total. The highest BCUT2D eigenvalue weighted by Crippen LogP contribution is 2.29. The molecule has 0 unspecified atom stereocenters. The molecule has 1 amide bonds. The summed E-state index contributed by atoms with van der Waals surface area (Å²) < 4.78 is 3.68. The van der Waals surface area contributed by atoms with Gasteiger partial charge in [0.05, 0.1) is 11.9 Å². The van der Waals surface area contributed by atoms with Crippen molar-refractivity contribution in [1.29, 1.82) is 0 Å². The van der Waals surface area contributed by atoms with Crippen LogP contribution in [0.15, 0.2) is 6.20 Å². The molecule has 0 saturated carbocycles. The molecule has 0 radical (unpaired) electrons. The van der Waals surface area contributed by atoms with Crippen LogP contribution in [0.5, 0.6) is 0 Å². The zero-order valence-electron chi connectivity index (χ0n) is 9.68. The number of aryl methyl sites for hydroxylation is 2. The van der Waals surface area contributed by atoms with Crippen LogP contribution in [-0.2, 0) is 12.8 Å². The number of fused-ring (bicyclic) bond motifs is 1. The second kappa shape index (κ2) is 5.11. The van der Waals surface area contributed by atoms with Crippen LogP contribution in [0.25, 0.3) is 0 Å². The van der Waals surface area contributed by atoms with Gasteiger partial charge < -0.3 is 0 Å². The largest absolute Gasteiger partial charge is 0.297 e. The number of amides is 1. The van der Waals surface area contributed by atoms with Crippen LogP contribution >= 0.6 is 22.9 Å². The van der Waals surface area contributed by atoms with E-state index in [1.165, 1.54) is 30.3 Å². The Bertz CT molecular complexity index is 526. The van der Waals surface area contributed by atoms with Gasteiger partial charge in [-0.3, -0.25) is 10.1 Å². The molecule has 2 heterocycles. The Kier molecular flexibility index (Phi) is 3.33. The average Bonchev–Trinajstić information content (AvgIpc) is 2.96. The van der Waals surface area contributed by atoms with Gasteiger partial charge in [0.15, 0.2) is 5.13 Å². The highest BCUT2D eigenvalue weighted by molar-refractivity contribution is 7.16. The molecule has 1 aliphatic rings. The molecule has 2 aromatic rings. The molecule has 0 saturated heterocycles. The zero-order chi connectivity index (χ0) is 12.4. The fourth-order valence-corrected chi connectivity index (χ4v) is 3.46. The molecule has 7 heteroatoms. The average molecular weight is 280 g/mol. The first kappa shape index (κ1) is 11.7. The van der Waals surface area contributed by atoms with Crippen molar-refractivity contribution in [2.45, 2.75) is 32.1 Å². The molecule has 2 aromatic heterocycles. The molecule has 1 aliphatic carbocycles. The van der Waals surface area contributed by atoms with Crippen LogP contribution < -0.4 is 5.32 Å². The van der Waals surface area contributed by atoms with Crippen molar-refractivity contribution in [3.05, 3.63) is 21.6 Å². The van der Waals surface area contributed by atoms with Crippen molar-refractivity contribution in [1.82, 2.24) is 14.6 Å². The Morgan fingerprint density at radius 2 is 2.17 bits per heavy atom. The van der Waals surface area contributed by atoms with Crippen LogP contribution in [0.2, 0.25) is 0 Å². The molecular weight excluding hydrogens is 268 g/mol. The van der Waals surface area contributed by atoms with E-state index in [4.69, 9.17) is 0 Å². The summed E-state index contributed by atoms with van der Waals surface area (Å²) in [6.45, 7) is 0. The maximum atomic E-state index is 11.8. The lowest BCUT2D eigenvalue weighted by Gasteiger charge is -1.97. The molecule has 3 rings (SSSR count). The summed E-state index contributed by atoms with van der Waals surface area (Å²) >= 11 is 2.69. The zero-order valence-corrected chi connectivity index (χ0v) is 11.3. The molecule has 5 nitrogen and oxygen atoms in total. The van der Waals surface area contributed by atoms with Crippen molar-refractivity contribution in [3.8, 4) is 0 Å². The second-order valence-corrected chi connectivity index (χ2v) is 6.05. The molecule has 0 bridgehead atoms. The van der Waals surface area contributed by atoms with Crippen molar-refractivity contribution in [3.63, 3.8) is 0 Å². The second-order valence-electron chi connectivity index (χ2n) is 4.19. The standard InChI is InChI=1S/C11H12N4OS2/c16-10(9-6-12-15-18-9)14-11-13-7-4-2-1-3-5-8(7)17-11/h6H,1-5H2,(H,13,14,16). The number of anilines is 1.